The van der Waals surface area contributed by atoms with Gasteiger partial charge in [0.05, 0.1) is 42.2 Å². The highest BCUT2D eigenvalue weighted by atomic mass is 32.2. The van der Waals surface area contributed by atoms with E-state index in [1.54, 1.807) is 43.4 Å². The summed E-state index contributed by atoms with van der Waals surface area (Å²) in [4.78, 5) is 33.0. The summed E-state index contributed by atoms with van der Waals surface area (Å²) in [7, 11) is 1.58. The molecule has 0 unspecified atom stereocenters. The van der Waals surface area contributed by atoms with Gasteiger partial charge in [0.1, 0.15) is 0 Å². The number of allylic oxidation sites excluding steroid dienone is 1. The van der Waals surface area contributed by atoms with Crippen molar-refractivity contribution in [2.24, 2.45) is 4.99 Å². The van der Waals surface area contributed by atoms with Gasteiger partial charge >= 0.3 is 5.97 Å². The lowest BCUT2D eigenvalue weighted by Crippen LogP contribution is -2.39. The Labute approximate surface area is 217 Å². The van der Waals surface area contributed by atoms with Crippen molar-refractivity contribution < 1.29 is 19.0 Å². The number of fused-ring (bicyclic) bond motifs is 1. The van der Waals surface area contributed by atoms with Crippen molar-refractivity contribution in [1.82, 2.24) is 4.57 Å². The molecule has 7 nitrogen and oxygen atoms in total. The molecule has 4 rings (SSSR count). The molecule has 0 saturated carbocycles. The number of aromatic nitrogens is 1. The van der Waals surface area contributed by atoms with Crippen LogP contribution in [0.2, 0.25) is 0 Å². The van der Waals surface area contributed by atoms with Gasteiger partial charge in [0.2, 0.25) is 0 Å². The minimum atomic E-state index is -0.631. The summed E-state index contributed by atoms with van der Waals surface area (Å²) in [5.74, 6) is 0.760. The molecule has 0 saturated heterocycles. The smallest absolute Gasteiger partial charge is 0.338 e. The van der Waals surface area contributed by atoms with Crippen LogP contribution in [0.1, 0.15) is 37.9 Å². The Morgan fingerprint density at radius 2 is 1.89 bits per heavy atom. The van der Waals surface area contributed by atoms with Gasteiger partial charge in [-0.15, -0.1) is 11.8 Å². The number of carbonyl (C=O) groups excluding carboxylic acids is 1. The fraction of sp³-hybridized carbons (Fsp3) is 0.296. The third-order valence-electron chi connectivity index (χ3n) is 5.73. The fourth-order valence-corrected chi connectivity index (χ4v) is 5.55. The second-order valence-corrected chi connectivity index (χ2v) is 9.81. The summed E-state index contributed by atoms with van der Waals surface area (Å²) < 4.78 is 18.5. The molecule has 0 amide bonds. The van der Waals surface area contributed by atoms with Gasteiger partial charge in [-0.2, -0.15) is 0 Å². The van der Waals surface area contributed by atoms with Crippen LogP contribution >= 0.6 is 23.1 Å². The fourth-order valence-electron chi connectivity index (χ4n) is 4.09. The van der Waals surface area contributed by atoms with Crippen LogP contribution in [-0.2, 0) is 9.53 Å². The summed E-state index contributed by atoms with van der Waals surface area (Å²) in [6, 6.07) is 12.8. The third kappa shape index (κ3) is 4.99. The molecule has 1 aromatic heterocycles. The maximum absolute atomic E-state index is 13.7. The molecule has 9 heteroatoms. The van der Waals surface area contributed by atoms with E-state index in [1.807, 2.05) is 55.6 Å². The van der Waals surface area contributed by atoms with E-state index in [4.69, 9.17) is 14.2 Å². The van der Waals surface area contributed by atoms with Crippen LogP contribution in [0, 0.1) is 0 Å². The first-order valence-corrected chi connectivity index (χ1v) is 13.6. The monoisotopic (exact) mass is 524 g/mol. The average molecular weight is 525 g/mol. The maximum Gasteiger partial charge on any atom is 0.338 e. The topological polar surface area (TPSA) is 79.1 Å². The first-order valence-electron chi connectivity index (χ1n) is 11.6. The molecule has 0 spiro atoms. The van der Waals surface area contributed by atoms with Crippen LogP contribution in [0.4, 0.5) is 0 Å². The number of methoxy groups -OCH3 is 1. The first kappa shape index (κ1) is 25.8. The molecule has 0 aliphatic carbocycles. The van der Waals surface area contributed by atoms with Crippen molar-refractivity contribution in [3.63, 3.8) is 0 Å². The molecule has 3 aromatic rings. The van der Waals surface area contributed by atoms with Crippen LogP contribution in [0.15, 0.2) is 68.4 Å². The molecular weight excluding hydrogens is 496 g/mol. The molecule has 1 aliphatic rings. The molecule has 1 atom stereocenters. The zero-order chi connectivity index (χ0) is 25.8. The minimum absolute atomic E-state index is 0.222. The molecule has 2 heterocycles. The van der Waals surface area contributed by atoms with Crippen molar-refractivity contribution in [3.05, 3.63) is 84.5 Å². The van der Waals surface area contributed by atoms with Crippen LogP contribution in [0.3, 0.4) is 0 Å². The van der Waals surface area contributed by atoms with Crippen molar-refractivity contribution in [3.8, 4) is 11.5 Å². The largest absolute Gasteiger partial charge is 0.493 e. The lowest BCUT2D eigenvalue weighted by Gasteiger charge is -2.24. The Kier molecular flexibility index (Phi) is 8.01. The number of hydrogen-bond donors (Lipinski definition) is 0. The quantitative estimate of drug-likeness (QED) is 0.328. The highest BCUT2D eigenvalue weighted by molar-refractivity contribution is 7.98. The summed E-state index contributed by atoms with van der Waals surface area (Å²) in [5.41, 5.74) is 2.31. The number of hydrogen-bond acceptors (Lipinski definition) is 8. The van der Waals surface area contributed by atoms with Crippen molar-refractivity contribution in [2.75, 3.05) is 26.6 Å². The standard InChI is InChI=1S/C27H28N2O5S2/c1-6-33-20-13-8-17(14-21(20)32-4)15-22-25(30)29-24(18-9-11-19(35-5)12-10-18)23(26(31)34-7-2)16(3)28-27(29)36-22/h8-15,24H,6-7H2,1-5H3/b22-15-/t24-/m0/s1. The molecule has 2 aromatic carbocycles. The van der Waals surface area contributed by atoms with Gasteiger partial charge in [0, 0.05) is 4.90 Å². The van der Waals surface area contributed by atoms with Gasteiger partial charge in [-0.05, 0) is 68.5 Å². The zero-order valence-electron chi connectivity index (χ0n) is 20.9. The van der Waals surface area contributed by atoms with E-state index in [2.05, 4.69) is 4.99 Å². The third-order valence-corrected chi connectivity index (χ3v) is 7.46. The molecule has 0 N–H and O–H groups in total. The van der Waals surface area contributed by atoms with Crippen LogP contribution in [0.5, 0.6) is 11.5 Å². The summed E-state index contributed by atoms with van der Waals surface area (Å²) >= 11 is 2.92. The van der Waals surface area contributed by atoms with Gasteiger partial charge in [0.15, 0.2) is 16.3 Å². The number of ether oxygens (including phenoxy) is 3. The SMILES string of the molecule is CCOC(=O)C1=C(C)N=c2s/c(=C\c3ccc(OCC)c(OC)c3)c(=O)n2[C@H]1c1ccc(SC)cc1. The van der Waals surface area contributed by atoms with Crippen LogP contribution in [0.25, 0.3) is 6.08 Å². The highest BCUT2D eigenvalue weighted by Crippen LogP contribution is 2.32. The number of carbonyl (C=O) groups is 1. The Bertz CT molecular complexity index is 1490. The number of rotatable bonds is 8. The molecule has 0 radical (unpaired) electrons. The Balaban J connectivity index is 1.89. The lowest BCUT2D eigenvalue weighted by atomic mass is 9.96. The first-order chi connectivity index (χ1) is 17.4. The average Bonchev–Trinajstić information content (AvgIpc) is 3.18. The zero-order valence-corrected chi connectivity index (χ0v) is 22.5. The predicted octanol–water partition coefficient (Wildman–Crippen LogP) is 3.93. The van der Waals surface area contributed by atoms with Gasteiger partial charge in [-0.3, -0.25) is 9.36 Å². The molecule has 188 valence electrons. The summed E-state index contributed by atoms with van der Waals surface area (Å²) in [6.45, 7) is 6.21. The Hall–Kier alpha value is -3.30. The van der Waals surface area contributed by atoms with Gasteiger partial charge < -0.3 is 14.2 Å². The van der Waals surface area contributed by atoms with E-state index >= 15 is 0 Å². The van der Waals surface area contributed by atoms with Crippen LogP contribution in [-0.4, -0.2) is 37.1 Å². The van der Waals surface area contributed by atoms with Crippen molar-refractivity contribution in [1.29, 1.82) is 0 Å². The van der Waals surface area contributed by atoms with E-state index in [0.717, 1.165) is 16.0 Å². The molecule has 1 aliphatic heterocycles. The van der Waals surface area contributed by atoms with E-state index in [-0.39, 0.29) is 12.2 Å². The van der Waals surface area contributed by atoms with E-state index in [0.29, 0.717) is 38.7 Å². The van der Waals surface area contributed by atoms with E-state index < -0.39 is 12.0 Å². The minimum Gasteiger partial charge on any atom is -0.493 e. The number of esters is 1. The predicted molar refractivity (Wildman–Crippen MR) is 143 cm³/mol. The van der Waals surface area contributed by atoms with Crippen LogP contribution < -0.4 is 24.4 Å². The molecule has 0 fully saturated rings. The van der Waals surface area contributed by atoms with E-state index in [1.165, 1.54) is 11.3 Å². The Morgan fingerprint density at radius 1 is 1.14 bits per heavy atom. The number of thiazole rings is 1. The second kappa shape index (κ2) is 11.2. The molecule has 0 bridgehead atoms. The normalized spacial score (nSPS) is 15.4. The van der Waals surface area contributed by atoms with Crippen molar-refractivity contribution >= 4 is 35.1 Å². The van der Waals surface area contributed by atoms with E-state index in [9.17, 15) is 9.59 Å². The second-order valence-electron chi connectivity index (χ2n) is 7.92. The summed E-state index contributed by atoms with van der Waals surface area (Å²) in [5, 5.41) is 0. The van der Waals surface area contributed by atoms with Gasteiger partial charge in [-0.1, -0.05) is 29.5 Å². The Morgan fingerprint density at radius 3 is 2.53 bits per heavy atom. The number of benzene rings is 2. The number of nitrogens with zero attached hydrogens (tertiary/aromatic N) is 2. The lowest BCUT2D eigenvalue weighted by molar-refractivity contribution is -0.139. The van der Waals surface area contributed by atoms with Crippen molar-refractivity contribution in [2.45, 2.75) is 31.7 Å². The van der Waals surface area contributed by atoms with Gasteiger partial charge in [0.25, 0.3) is 5.56 Å². The maximum atomic E-state index is 13.7. The summed E-state index contributed by atoms with van der Waals surface area (Å²) in [6.07, 6.45) is 3.81. The van der Waals surface area contributed by atoms with Gasteiger partial charge in [-0.25, -0.2) is 9.79 Å². The highest BCUT2D eigenvalue weighted by Gasteiger charge is 2.33. The molecule has 36 heavy (non-hydrogen) atoms. The number of thioether (sulfide) groups is 1. The molecular formula is C27H28N2O5S2.